The second-order valence-corrected chi connectivity index (χ2v) is 8.22. The second-order valence-electron chi connectivity index (χ2n) is 5.82. The van der Waals surface area contributed by atoms with Gasteiger partial charge in [-0.05, 0) is 25.8 Å². The molecule has 2 N–H and O–H groups in total. The van der Waals surface area contributed by atoms with Crippen molar-refractivity contribution in [2.45, 2.75) is 38.6 Å². The van der Waals surface area contributed by atoms with Gasteiger partial charge in [0.15, 0.2) is 9.84 Å². The SMILES string of the molecule is CCS(=O)(=O)CC(C)NC(=O)N1CCC(c2ccn[nH]2)CC1. The average Bonchev–Trinajstić information content (AvgIpc) is 3.01. The van der Waals surface area contributed by atoms with Crippen LogP contribution in [0.5, 0.6) is 0 Å². The van der Waals surface area contributed by atoms with Crippen LogP contribution >= 0.6 is 0 Å². The molecule has 2 rings (SSSR count). The fraction of sp³-hybridized carbons (Fsp3) is 0.714. The van der Waals surface area contributed by atoms with E-state index in [-0.39, 0.29) is 23.6 Å². The molecule has 1 aromatic heterocycles. The number of nitrogens with one attached hydrogen (secondary N) is 2. The number of hydrogen-bond acceptors (Lipinski definition) is 4. The number of aromatic amines is 1. The lowest BCUT2D eigenvalue weighted by Gasteiger charge is -2.32. The van der Waals surface area contributed by atoms with E-state index >= 15 is 0 Å². The fourth-order valence-corrected chi connectivity index (χ4v) is 3.81. The molecule has 22 heavy (non-hydrogen) atoms. The van der Waals surface area contributed by atoms with Crippen molar-refractivity contribution in [1.82, 2.24) is 20.4 Å². The van der Waals surface area contributed by atoms with Crippen LogP contribution in [0.25, 0.3) is 0 Å². The Morgan fingerprint density at radius 1 is 1.50 bits per heavy atom. The van der Waals surface area contributed by atoms with Gasteiger partial charge in [0.25, 0.3) is 0 Å². The van der Waals surface area contributed by atoms with E-state index in [2.05, 4.69) is 15.5 Å². The van der Waals surface area contributed by atoms with Crippen LogP contribution in [0.3, 0.4) is 0 Å². The number of aromatic nitrogens is 2. The van der Waals surface area contributed by atoms with Crippen LogP contribution < -0.4 is 5.32 Å². The number of rotatable bonds is 5. The number of likely N-dealkylation sites (tertiary alicyclic amines) is 1. The van der Waals surface area contributed by atoms with Gasteiger partial charge in [-0.15, -0.1) is 0 Å². The maximum atomic E-state index is 12.2. The number of H-pyrrole nitrogens is 1. The molecule has 0 saturated carbocycles. The summed E-state index contributed by atoms with van der Waals surface area (Å²) in [5.74, 6) is 0.493. The van der Waals surface area contributed by atoms with Gasteiger partial charge in [-0.2, -0.15) is 5.10 Å². The Morgan fingerprint density at radius 3 is 2.73 bits per heavy atom. The van der Waals surface area contributed by atoms with E-state index in [1.165, 1.54) is 0 Å². The van der Waals surface area contributed by atoms with Gasteiger partial charge < -0.3 is 10.2 Å². The van der Waals surface area contributed by atoms with Crippen molar-refractivity contribution in [3.05, 3.63) is 18.0 Å². The molecule has 1 aromatic rings. The molecule has 1 atom stereocenters. The van der Waals surface area contributed by atoms with Gasteiger partial charge in [0, 0.05) is 42.7 Å². The van der Waals surface area contributed by atoms with E-state index < -0.39 is 9.84 Å². The third kappa shape index (κ3) is 4.46. The molecule has 0 aromatic carbocycles. The molecule has 8 heteroatoms. The van der Waals surface area contributed by atoms with Crippen molar-refractivity contribution in [2.24, 2.45) is 0 Å². The molecule has 1 unspecified atom stereocenters. The van der Waals surface area contributed by atoms with E-state index in [4.69, 9.17) is 0 Å². The fourth-order valence-electron chi connectivity index (χ4n) is 2.73. The number of carbonyl (C=O) groups is 1. The van der Waals surface area contributed by atoms with Gasteiger partial charge >= 0.3 is 6.03 Å². The van der Waals surface area contributed by atoms with Gasteiger partial charge in [-0.1, -0.05) is 6.92 Å². The van der Waals surface area contributed by atoms with Gasteiger partial charge in [0.2, 0.25) is 0 Å². The first-order chi connectivity index (χ1) is 10.4. The minimum atomic E-state index is -3.08. The lowest BCUT2D eigenvalue weighted by atomic mass is 9.94. The first-order valence-corrected chi connectivity index (χ1v) is 9.48. The standard InChI is InChI=1S/C14H24N4O3S/c1-3-22(20,21)10-11(2)16-14(19)18-8-5-12(6-9-18)13-4-7-15-17-13/h4,7,11-12H,3,5-6,8-10H2,1-2H3,(H,15,17)(H,16,19). The highest BCUT2D eigenvalue weighted by Crippen LogP contribution is 2.26. The van der Waals surface area contributed by atoms with Crippen molar-refractivity contribution < 1.29 is 13.2 Å². The van der Waals surface area contributed by atoms with E-state index in [9.17, 15) is 13.2 Å². The minimum absolute atomic E-state index is 0.0140. The van der Waals surface area contributed by atoms with E-state index in [0.717, 1.165) is 18.5 Å². The summed E-state index contributed by atoms with van der Waals surface area (Å²) in [4.78, 5) is 13.9. The number of hydrogen-bond donors (Lipinski definition) is 2. The van der Waals surface area contributed by atoms with Crippen LogP contribution in [0.15, 0.2) is 12.3 Å². The topological polar surface area (TPSA) is 95.2 Å². The summed E-state index contributed by atoms with van der Waals surface area (Å²) in [5.41, 5.74) is 1.11. The van der Waals surface area contributed by atoms with Gasteiger partial charge in [0.05, 0.1) is 5.75 Å². The highest BCUT2D eigenvalue weighted by molar-refractivity contribution is 7.91. The summed E-state index contributed by atoms with van der Waals surface area (Å²) in [5, 5.41) is 9.72. The first-order valence-electron chi connectivity index (χ1n) is 7.66. The Kier molecular flexibility index (Phi) is 5.44. The predicted molar refractivity (Wildman–Crippen MR) is 84.5 cm³/mol. The van der Waals surface area contributed by atoms with Crippen molar-refractivity contribution >= 4 is 15.9 Å². The Hall–Kier alpha value is -1.57. The molecule has 124 valence electrons. The number of urea groups is 1. The number of piperidine rings is 1. The van der Waals surface area contributed by atoms with Crippen LogP contribution in [0.1, 0.15) is 38.3 Å². The van der Waals surface area contributed by atoms with E-state index in [0.29, 0.717) is 19.0 Å². The van der Waals surface area contributed by atoms with Gasteiger partial charge in [-0.25, -0.2) is 13.2 Å². The Morgan fingerprint density at radius 2 is 2.18 bits per heavy atom. The zero-order chi connectivity index (χ0) is 16.2. The molecule has 0 bridgehead atoms. The maximum Gasteiger partial charge on any atom is 0.317 e. The molecule has 0 spiro atoms. The predicted octanol–water partition coefficient (Wildman–Crippen LogP) is 1.12. The largest absolute Gasteiger partial charge is 0.335 e. The van der Waals surface area contributed by atoms with Crippen molar-refractivity contribution in [1.29, 1.82) is 0 Å². The van der Waals surface area contributed by atoms with E-state index in [1.807, 2.05) is 6.07 Å². The third-order valence-electron chi connectivity index (χ3n) is 4.06. The zero-order valence-electron chi connectivity index (χ0n) is 13.1. The normalized spacial score (nSPS) is 18.2. The molecule has 1 aliphatic heterocycles. The molecule has 2 heterocycles. The Bertz CT molecular complexity index is 577. The van der Waals surface area contributed by atoms with Crippen LogP contribution in [0.4, 0.5) is 4.79 Å². The number of carbonyl (C=O) groups excluding carboxylic acids is 1. The zero-order valence-corrected chi connectivity index (χ0v) is 13.9. The molecule has 0 radical (unpaired) electrons. The number of nitrogens with zero attached hydrogens (tertiary/aromatic N) is 2. The highest BCUT2D eigenvalue weighted by Gasteiger charge is 2.25. The molecule has 1 fully saturated rings. The first kappa shape index (κ1) is 16.8. The molecule has 2 amide bonds. The summed E-state index contributed by atoms with van der Waals surface area (Å²) in [6.45, 7) is 4.68. The molecule has 1 saturated heterocycles. The number of sulfone groups is 1. The van der Waals surface area contributed by atoms with Crippen molar-refractivity contribution in [3.8, 4) is 0 Å². The second kappa shape index (κ2) is 7.13. The molecular formula is C14H24N4O3S. The highest BCUT2D eigenvalue weighted by atomic mass is 32.2. The summed E-state index contributed by atoms with van der Waals surface area (Å²) in [6, 6.07) is 1.42. The Balaban J connectivity index is 1.80. The van der Waals surface area contributed by atoms with E-state index in [1.54, 1.807) is 24.9 Å². The minimum Gasteiger partial charge on any atom is -0.335 e. The van der Waals surface area contributed by atoms with Crippen molar-refractivity contribution in [2.75, 3.05) is 24.6 Å². The smallest absolute Gasteiger partial charge is 0.317 e. The van der Waals surface area contributed by atoms with Crippen LogP contribution in [-0.4, -0.2) is 60.2 Å². The summed E-state index contributed by atoms with van der Waals surface area (Å²) in [6.07, 6.45) is 3.51. The summed E-state index contributed by atoms with van der Waals surface area (Å²) in [7, 11) is -3.08. The molecule has 0 aliphatic carbocycles. The maximum absolute atomic E-state index is 12.2. The summed E-state index contributed by atoms with van der Waals surface area (Å²) < 4.78 is 23.1. The van der Waals surface area contributed by atoms with Gasteiger partial charge in [-0.3, -0.25) is 5.10 Å². The lowest BCUT2D eigenvalue weighted by molar-refractivity contribution is 0.178. The Labute approximate surface area is 131 Å². The monoisotopic (exact) mass is 328 g/mol. The lowest BCUT2D eigenvalue weighted by Crippen LogP contribution is -2.48. The average molecular weight is 328 g/mol. The van der Waals surface area contributed by atoms with Crippen LogP contribution in [-0.2, 0) is 9.84 Å². The molecule has 1 aliphatic rings. The van der Waals surface area contributed by atoms with Crippen molar-refractivity contribution in [3.63, 3.8) is 0 Å². The van der Waals surface area contributed by atoms with Crippen LogP contribution in [0.2, 0.25) is 0 Å². The van der Waals surface area contributed by atoms with Crippen LogP contribution in [0, 0.1) is 0 Å². The summed E-state index contributed by atoms with van der Waals surface area (Å²) >= 11 is 0. The third-order valence-corrected chi connectivity index (χ3v) is 5.95. The number of amides is 2. The van der Waals surface area contributed by atoms with Gasteiger partial charge in [0.1, 0.15) is 0 Å². The molecule has 7 nitrogen and oxygen atoms in total. The molecular weight excluding hydrogens is 304 g/mol. The quantitative estimate of drug-likeness (QED) is 0.847.